The second-order valence-electron chi connectivity index (χ2n) is 6.89. The molecule has 0 radical (unpaired) electrons. The number of rotatable bonds is 5. The molecule has 150 valence electrons. The fraction of sp³-hybridized carbons (Fsp3) is 0.286. The first kappa shape index (κ1) is 18.8. The minimum absolute atomic E-state index is 0.0935. The lowest BCUT2D eigenvalue weighted by molar-refractivity contribution is -0.128. The fourth-order valence-electron chi connectivity index (χ4n) is 3.48. The number of methoxy groups -OCH3 is 1. The van der Waals surface area contributed by atoms with Crippen LogP contribution in [0.25, 0.3) is 0 Å². The van der Waals surface area contributed by atoms with E-state index < -0.39 is 11.9 Å². The van der Waals surface area contributed by atoms with Crippen molar-refractivity contribution < 1.29 is 28.6 Å². The van der Waals surface area contributed by atoms with Gasteiger partial charge in [0.25, 0.3) is 0 Å². The Labute approximate surface area is 167 Å². The lowest BCUT2D eigenvalue weighted by Crippen LogP contribution is -2.28. The first-order chi connectivity index (χ1) is 14.0. The number of carbonyl (C=O) groups excluding carboxylic acids is 3. The highest BCUT2D eigenvalue weighted by molar-refractivity contribution is 6.03. The van der Waals surface area contributed by atoms with Crippen molar-refractivity contribution in [2.45, 2.75) is 13.0 Å². The molecule has 4 rings (SSSR count). The molecule has 1 unspecified atom stereocenters. The molecule has 1 N–H and O–H groups in total. The molecule has 2 aromatic carbocycles. The second-order valence-corrected chi connectivity index (χ2v) is 6.89. The van der Waals surface area contributed by atoms with Crippen LogP contribution in [0.2, 0.25) is 0 Å². The van der Waals surface area contributed by atoms with E-state index in [0.717, 1.165) is 5.56 Å². The molecule has 1 fully saturated rings. The zero-order chi connectivity index (χ0) is 20.4. The molecule has 0 aliphatic carbocycles. The number of carbonyl (C=O) groups is 3. The molecule has 1 atom stereocenters. The molecule has 2 aromatic rings. The third kappa shape index (κ3) is 3.87. The van der Waals surface area contributed by atoms with E-state index in [0.29, 0.717) is 30.3 Å². The van der Waals surface area contributed by atoms with Crippen LogP contribution in [-0.4, -0.2) is 43.1 Å². The highest BCUT2D eigenvalue weighted by atomic mass is 16.7. The smallest absolute Gasteiger partial charge is 0.339 e. The largest absolute Gasteiger partial charge is 0.465 e. The topological polar surface area (TPSA) is 94.2 Å². The van der Waals surface area contributed by atoms with E-state index in [-0.39, 0.29) is 30.6 Å². The van der Waals surface area contributed by atoms with Crippen LogP contribution in [0.4, 0.5) is 5.69 Å². The number of fused-ring (bicyclic) bond motifs is 1. The minimum atomic E-state index is -0.534. The second kappa shape index (κ2) is 7.83. The van der Waals surface area contributed by atoms with E-state index in [1.807, 2.05) is 18.2 Å². The van der Waals surface area contributed by atoms with Gasteiger partial charge in [0.05, 0.1) is 24.3 Å². The van der Waals surface area contributed by atoms with Crippen LogP contribution in [-0.2, 0) is 20.9 Å². The molecule has 0 spiro atoms. The molecule has 0 aromatic heterocycles. The monoisotopic (exact) mass is 396 g/mol. The van der Waals surface area contributed by atoms with Crippen molar-refractivity contribution in [1.82, 2.24) is 4.90 Å². The maximum Gasteiger partial charge on any atom is 0.339 e. The fourth-order valence-corrected chi connectivity index (χ4v) is 3.48. The lowest BCUT2D eigenvalue weighted by atomic mass is 10.1. The summed E-state index contributed by atoms with van der Waals surface area (Å²) in [5.74, 6) is -0.0899. The quantitative estimate of drug-likeness (QED) is 0.779. The number of benzene rings is 2. The normalized spacial score (nSPS) is 17.3. The van der Waals surface area contributed by atoms with E-state index in [9.17, 15) is 14.4 Å². The highest BCUT2D eigenvalue weighted by Crippen LogP contribution is 2.33. The number of anilines is 1. The maximum atomic E-state index is 12.7. The van der Waals surface area contributed by atoms with Gasteiger partial charge in [-0.2, -0.15) is 0 Å². The van der Waals surface area contributed by atoms with Crippen LogP contribution in [0.1, 0.15) is 22.3 Å². The van der Waals surface area contributed by atoms with Gasteiger partial charge in [-0.3, -0.25) is 9.59 Å². The number of amides is 2. The molecule has 2 aliphatic heterocycles. The molecule has 2 heterocycles. The average molecular weight is 396 g/mol. The molecular weight excluding hydrogens is 376 g/mol. The summed E-state index contributed by atoms with van der Waals surface area (Å²) in [5, 5.41) is 2.75. The predicted molar refractivity (Wildman–Crippen MR) is 103 cm³/mol. The molecule has 0 saturated carbocycles. The standard InChI is InChI=1S/C21H20N2O6/c1-27-21(26)15-4-2-3-5-16(15)22-20(25)14-9-19(24)23(11-14)10-13-6-7-17-18(8-13)29-12-28-17/h2-8,14H,9-12H2,1H3,(H,22,25). The van der Waals surface area contributed by atoms with Crippen molar-refractivity contribution in [2.75, 3.05) is 25.8 Å². The first-order valence-electron chi connectivity index (χ1n) is 9.19. The van der Waals surface area contributed by atoms with Crippen molar-refractivity contribution >= 4 is 23.5 Å². The third-order valence-corrected chi connectivity index (χ3v) is 4.99. The van der Waals surface area contributed by atoms with Gasteiger partial charge in [0.1, 0.15) is 0 Å². The molecule has 8 nitrogen and oxygen atoms in total. The molecule has 2 aliphatic rings. The van der Waals surface area contributed by atoms with Crippen LogP contribution < -0.4 is 14.8 Å². The summed E-state index contributed by atoms with van der Waals surface area (Å²) in [6.07, 6.45) is 0.122. The van der Waals surface area contributed by atoms with E-state index in [1.165, 1.54) is 7.11 Å². The van der Waals surface area contributed by atoms with Gasteiger partial charge in [-0.1, -0.05) is 18.2 Å². The van der Waals surface area contributed by atoms with Crippen molar-refractivity contribution in [3.63, 3.8) is 0 Å². The Morgan fingerprint density at radius 1 is 1.17 bits per heavy atom. The van der Waals surface area contributed by atoms with Crippen LogP contribution in [0.3, 0.4) is 0 Å². The van der Waals surface area contributed by atoms with Gasteiger partial charge in [-0.05, 0) is 29.8 Å². The van der Waals surface area contributed by atoms with E-state index in [1.54, 1.807) is 29.2 Å². The van der Waals surface area contributed by atoms with Crippen LogP contribution >= 0.6 is 0 Å². The van der Waals surface area contributed by atoms with Gasteiger partial charge < -0.3 is 24.4 Å². The van der Waals surface area contributed by atoms with Gasteiger partial charge in [0, 0.05) is 19.5 Å². The van der Waals surface area contributed by atoms with Gasteiger partial charge in [-0.15, -0.1) is 0 Å². The third-order valence-electron chi connectivity index (χ3n) is 4.99. The number of nitrogens with one attached hydrogen (secondary N) is 1. The number of hydrogen-bond acceptors (Lipinski definition) is 6. The lowest BCUT2D eigenvalue weighted by Gasteiger charge is -2.17. The maximum absolute atomic E-state index is 12.7. The summed E-state index contributed by atoms with van der Waals surface area (Å²) in [7, 11) is 1.28. The minimum Gasteiger partial charge on any atom is -0.465 e. The zero-order valence-electron chi connectivity index (χ0n) is 15.8. The van der Waals surface area contributed by atoms with E-state index >= 15 is 0 Å². The van der Waals surface area contributed by atoms with Crippen LogP contribution in [0, 0.1) is 5.92 Å². The summed E-state index contributed by atoms with van der Waals surface area (Å²) < 4.78 is 15.4. The number of likely N-dealkylation sites (tertiary alicyclic amines) is 1. The Kier molecular flexibility index (Phi) is 5.07. The number of nitrogens with zero attached hydrogens (tertiary/aromatic N) is 1. The zero-order valence-corrected chi connectivity index (χ0v) is 15.8. The summed E-state index contributed by atoms with van der Waals surface area (Å²) in [6.45, 7) is 0.883. The van der Waals surface area contributed by atoms with E-state index in [4.69, 9.17) is 14.2 Å². The number of para-hydroxylation sites is 1. The Balaban J connectivity index is 1.41. The van der Waals surface area contributed by atoms with E-state index in [2.05, 4.69) is 5.32 Å². The molecule has 8 heteroatoms. The Morgan fingerprint density at radius 2 is 1.97 bits per heavy atom. The summed E-state index contributed by atoms with van der Waals surface area (Å²) >= 11 is 0. The molecule has 29 heavy (non-hydrogen) atoms. The summed E-state index contributed by atoms with van der Waals surface area (Å²) in [6, 6.07) is 12.1. The molecule has 0 bridgehead atoms. The number of ether oxygens (including phenoxy) is 3. The van der Waals surface area contributed by atoms with Crippen molar-refractivity contribution in [3.05, 3.63) is 53.6 Å². The summed E-state index contributed by atoms with van der Waals surface area (Å²) in [4.78, 5) is 38.6. The van der Waals surface area contributed by atoms with Gasteiger partial charge >= 0.3 is 5.97 Å². The van der Waals surface area contributed by atoms with Crippen LogP contribution in [0.5, 0.6) is 11.5 Å². The Hall–Kier alpha value is -3.55. The Morgan fingerprint density at radius 3 is 2.79 bits per heavy atom. The van der Waals surface area contributed by atoms with Crippen molar-refractivity contribution in [3.8, 4) is 11.5 Å². The number of esters is 1. The molecule has 1 saturated heterocycles. The van der Waals surface area contributed by atoms with Gasteiger partial charge in [0.15, 0.2) is 11.5 Å². The Bertz CT molecular complexity index is 973. The molecule has 2 amide bonds. The van der Waals surface area contributed by atoms with Gasteiger partial charge in [0.2, 0.25) is 18.6 Å². The highest BCUT2D eigenvalue weighted by Gasteiger charge is 2.34. The average Bonchev–Trinajstić information content (AvgIpc) is 3.34. The summed E-state index contributed by atoms with van der Waals surface area (Å²) in [5.41, 5.74) is 1.54. The van der Waals surface area contributed by atoms with Gasteiger partial charge in [-0.25, -0.2) is 4.79 Å². The SMILES string of the molecule is COC(=O)c1ccccc1NC(=O)C1CC(=O)N(Cc2ccc3c(c2)OCO3)C1. The first-order valence-corrected chi connectivity index (χ1v) is 9.19. The number of hydrogen-bond donors (Lipinski definition) is 1. The van der Waals surface area contributed by atoms with Crippen molar-refractivity contribution in [2.24, 2.45) is 5.92 Å². The predicted octanol–water partition coefficient (Wildman–Crippen LogP) is 2.19. The molecular formula is C21H20N2O6. The van der Waals surface area contributed by atoms with Crippen molar-refractivity contribution in [1.29, 1.82) is 0 Å². The van der Waals surface area contributed by atoms with Crippen LogP contribution in [0.15, 0.2) is 42.5 Å².